The molecule has 0 spiro atoms. The van der Waals surface area contributed by atoms with E-state index < -0.39 is 0 Å². The van der Waals surface area contributed by atoms with E-state index in [-0.39, 0.29) is 11.9 Å². The minimum absolute atomic E-state index is 0.0411. The largest absolute Gasteiger partial charge is 0.306 e. The first-order valence-electron chi connectivity index (χ1n) is 11.4. The van der Waals surface area contributed by atoms with Crippen LogP contribution in [0, 0.1) is 13.8 Å². The number of likely N-dealkylation sites (N-methyl/N-ethyl adjacent to an activating group) is 1. The number of benzene rings is 2. The highest BCUT2D eigenvalue weighted by Gasteiger charge is 2.35. The predicted octanol–water partition coefficient (Wildman–Crippen LogP) is 4.66. The molecular formula is C26H33ClN4O. The highest BCUT2D eigenvalue weighted by atomic mass is 35.5. The quantitative estimate of drug-likeness (QED) is 0.662. The molecule has 0 aliphatic carbocycles. The molecule has 1 atom stereocenters. The number of aryl methyl sites for hydroxylation is 2. The number of likely N-dealkylation sites (tertiary alicyclic amines) is 1. The molecule has 2 aromatic carbocycles. The molecule has 4 rings (SSSR count). The number of hydrazone groups is 1. The van der Waals surface area contributed by atoms with Gasteiger partial charge in [-0.1, -0.05) is 53.6 Å². The fraction of sp³-hybridized carbons (Fsp3) is 0.462. The van der Waals surface area contributed by atoms with Crippen LogP contribution in [0.3, 0.4) is 0 Å². The maximum atomic E-state index is 13.5. The molecule has 0 bridgehead atoms. The molecule has 2 aliphatic rings. The zero-order chi connectivity index (χ0) is 22.8. The van der Waals surface area contributed by atoms with E-state index >= 15 is 0 Å². The van der Waals surface area contributed by atoms with Crippen LogP contribution in [0.4, 0.5) is 0 Å². The van der Waals surface area contributed by atoms with Crippen LogP contribution >= 0.6 is 11.6 Å². The van der Waals surface area contributed by atoms with Gasteiger partial charge in [0.05, 0.1) is 18.3 Å². The van der Waals surface area contributed by atoms with Crippen molar-refractivity contribution >= 4 is 23.2 Å². The van der Waals surface area contributed by atoms with Gasteiger partial charge in [-0.2, -0.15) is 5.10 Å². The molecule has 6 heteroatoms. The SMILES string of the molecule is Cc1ccc(C)c(C2CC(c3ccccc3Cl)=NN2C(=O)CN(C)C2CCN(C)CC2)c1. The summed E-state index contributed by atoms with van der Waals surface area (Å²) in [6.07, 6.45) is 2.85. The number of carbonyl (C=O) groups is 1. The van der Waals surface area contributed by atoms with Gasteiger partial charge < -0.3 is 4.90 Å². The maximum absolute atomic E-state index is 13.5. The van der Waals surface area contributed by atoms with E-state index in [4.69, 9.17) is 16.7 Å². The molecule has 2 aliphatic heterocycles. The number of hydrogen-bond donors (Lipinski definition) is 0. The summed E-state index contributed by atoms with van der Waals surface area (Å²) in [6.45, 7) is 6.72. The Morgan fingerprint density at radius 2 is 1.88 bits per heavy atom. The maximum Gasteiger partial charge on any atom is 0.257 e. The average Bonchev–Trinajstić information content (AvgIpc) is 3.21. The second-order valence-corrected chi connectivity index (χ2v) is 9.70. The Labute approximate surface area is 196 Å². The Hall–Kier alpha value is -2.21. The van der Waals surface area contributed by atoms with E-state index in [1.807, 2.05) is 24.3 Å². The lowest BCUT2D eigenvalue weighted by Crippen LogP contribution is -2.46. The normalized spacial score (nSPS) is 20.1. The third-order valence-corrected chi connectivity index (χ3v) is 7.17. The average molecular weight is 453 g/mol. The highest BCUT2D eigenvalue weighted by molar-refractivity contribution is 6.34. The summed E-state index contributed by atoms with van der Waals surface area (Å²) < 4.78 is 0. The smallest absolute Gasteiger partial charge is 0.257 e. The van der Waals surface area contributed by atoms with E-state index in [1.54, 1.807) is 5.01 Å². The Morgan fingerprint density at radius 1 is 1.16 bits per heavy atom. The van der Waals surface area contributed by atoms with Crippen LogP contribution in [-0.2, 0) is 4.79 Å². The van der Waals surface area contributed by atoms with Gasteiger partial charge in [-0.3, -0.25) is 9.69 Å². The van der Waals surface area contributed by atoms with Gasteiger partial charge in [0.2, 0.25) is 0 Å². The minimum Gasteiger partial charge on any atom is -0.306 e. The van der Waals surface area contributed by atoms with Crippen LogP contribution in [0.1, 0.15) is 47.6 Å². The first-order valence-corrected chi connectivity index (χ1v) is 11.8. The molecule has 170 valence electrons. The number of piperidine rings is 1. The summed E-state index contributed by atoms with van der Waals surface area (Å²) >= 11 is 6.48. The van der Waals surface area contributed by atoms with Gasteiger partial charge in [-0.15, -0.1) is 0 Å². The Kier molecular flexibility index (Phi) is 6.99. The summed E-state index contributed by atoms with van der Waals surface area (Å²) in [5.74, 6) is 0.0411. The van der Waals surface area contributed by atoms with E-state index in [2.05, 4.69) is 55.9 Å². The third-order valence-electron chi connectivity index (χ3n) is 6.84. The fourth-order valence-corrected chi connectivity index (χ4v) is 5.05. The van der Waals surface area contributed by atoms with Crippen LogP contribution in [0.2, 0.25) is 5.02 Å². The van der Waals surface area contributed by atoms with Gasteiger partial charge in [-0.05, 0) is 71.1 Å². The van der Waals surface area contributed by atoms with E-state index in [1.165, 1.54) is 11.1 Å². The Morgan fingerprint density at radius 3 is 2.59 bits per heavy atom. The van der Waals surface area contributed by atoms with Crippen molar-refractivity contribution in [2.45, 2.75) is 45.2 Å². The van der Waals surface area contributed by atoms with Crippen molar-refractivity contribution in [3.63, 3.8) is 0 Å². The van der Waals surface area contributed by atoms with Gasteiger partial charge in [0, 0.05) is 23.0 Å². The highest BCUT2D eigenvalue weighted by Crippen LogP contribution is 2.36. The zero-order valence-corrected chi connectivity index (χ0v) is 20.3. The molecule has 2 heterocycles. The molecule has 32 heavy (non-hydrogen) atoms. The van der Waals surface area contributed by atoms with Crippen molar-refractivity contribution < 1.29 is 4.79 Å². The van der Waals surface area contributed by atoms with Crippen molar-refractivity contribution in [3.8, 4) is 0 Å². The van der Waals surface area contributed by atoms with Crippen LogP contribution in [0.25, 0.3) is 0 Å². The van der Waals surface area contributed by atoms with Crippen molar-refractivity contribution in [2.24, 2.45) is 5.10 Å². The van der Waals surface area contributed by atoms with E-state index in [0.29, 0.717) is 24.0 Å². The van der Waals surface area contributed by atoms with Crippen molar-refractivity contribution in [1.29, 1.82) is 0 Å². The summed E-state index contributed by atoms with van der Waals surface area (Å²) in [5, 5.41) is 7.22. The van der Waals surface area contributed by atoms with E-state index in [9.17, 15) is 4.79 Å². The second-order valence-electron chi connectivity index (χ2n) is 9.29. The minimum atomic E-state index is -0.112. The van der Waals surface area contributed by atoms with Crippen molar-refractivity contribution in [3.05, 3.63) is 69.7 Å². The van der Waals surface area contributed by atoms with Gasteiger partial charge in [0.1, 0.15) is 0 Å². The van der Waals surface area contributed by atoms with Gasteiger partial charge in [0.25, 0.3) is 5.91 Å². The number of carbonyl (C=O) groups excluding carboxylic acids is 1. The monoisotopic (exact) mass is 452 g/mol. The first kappa shape index (κ1) is 23.0. The van der Waals surface area contributed by atoms with Crippen molar-refractivity contribution in [1.82, 2.24) is 14.8 Å². The number of rotatable bonds is 5. The topological polar surface area (TPSA) is 39.2 Å². The lowest BCUT2D eigenvalue weighted by Gasteiger charge is -2.35. The number of nitrogens with zero attached hydrogens (tertiary/aromatic N) is 4. The Balaban J connectivity index is 1.61. The van der Waals surface area contributed by atoms with Gasteiger partial charge in [-0.25, -0.2) is 5.01 Å². The van der Waals surface area contributed by atoms with Crippen LogP contribution in [0.15, 0.2) is 47.6 Å². The molecule has 1 saturated heterocycles. The number of hydrogen-bond acceptors (Lipinski definition) is 4. The molecule has 1 amide bonds. The summed E-state index contributed by atoms with van der Waals surface area (Å²) in [6, 6.07) is 14.5. The summed E-state index contributed by atoms with van der Waals surface area (Å²) in [4.78, 5) is 18.1. The lowest BCUT2D eigenvalue weighted by molar-refractivity contribution is -0.134. The molecule has 0 radical (unpaired) electrons. The first-order chi connectivity index (χ1) is 15.3. The molecule has 1 unspecified atom stereocenters. The predicted molar refractivity (Wildman–Crippen MR) is 131 cm³/mol. The summed E-state index contributed by atoms with van der Waals surface area (Å²) in [7, 11) is 4.22. The summed E-state index contributed by atoms with van der Waals surface area (Å²) in [5.41, 5.74) is 5.30. The number of amides is 1. The molecule has 5 nitrogen and oxygen atoms in total. The molecule has 0 N–H and O–H groups in total. The standard InChI is InChI=1S/C26H33ClN4O/c1-18-9-10-19(2)22(15-18)25-16-24(21-7-5-6-8-23(21)27)28-31(25)26(32)17-30(4)20-11-13-29(3)14-12-20/h5-10,15,20,25H,11-14,16-17H2,1-4H3. The lowest BCUT2D eigenvalue weighted by atomic mass is 9.94. The van der Waals surface area contributed by atoms with Gasteiger partial charge in [0.15, 0.2) is 0 Å². The van der Waals surface area contributed by atoms with Crippen LogP contribution in [0.5, 0.6) is 0 Å². The Bertz CT molecular complexity index is 1010. The number of halogens is 1. The second kappa shape index (κ2) is 9.74. The van der Waals surface area contributed by atoms with Crippen LogP contribution in [-0.4, -0.2) is 66.2 Å². The molecule has 0 saturated carbocycles. The molecular weight excluding hydrogens is 420 g/mol. The molecule has 0 aromatic heterocycles. The van der Waals surface area contributed by atoms with Crippen LogP contribution < -0.4 is 0 Å². The van der Waals surface area contributed by atoms with Crippen molar-refractivity contribution in [2.75, 3.05) is 33.7 Å². The third kappa shape index (κ3) is 4.90. The zero-order valence-electron chi connectivity index (χ0n) is 19.5. The fourth-order valence-electron chi connectivity index (χ4n) is 4.81. The molecule has 1 fully saturated rings. The van der Waals surface area contributed by atoms with Gasteiger partial charge >= 0.3 is 0 Å². The molecule has 2 aromatic rings. The van der Waals surface area contributed by atoms with E-state index in [0.717, 1.165) is 42.8 Å².